The molecule has 0 aliphatic carbocycles. The van der Waals surface area contributed by atoms with E-state index in [1.54, 1.807) is 0 Å². The summed E-state index contributed by atoms with van der Waals surface area (Å²) < 4.78 is 0. The van der Waals surface area contributed by atoms with Crippen molar-refractivity contribution in [2.24, 2.45) is 0 Å². The van der Waals surface area contributed by atoms with Crippen LogP contribution in [-0.4, -0.2) is 68.6 Å². The Kier molecular flexibility index (Phi) is 7.37. The molecule has 3 heterocycles. The van der Waals surface area contributed by atoms with Crippen molar-refractivity contribution in [3.05, 3.63) is 84.3 Å². The summed E-state index contributed by atoms with van der Waals surface area (Å²) in [6.07, 6.45) is 4.95. The fourth-order valence-corrected chi connectivity index (χ4v) is 5.04. The van der Waals surface area contributed by atoms with E-state index in [1.807, 2.05) is 76.7 Å². The lowest BCUT2D eigenvalue weighted by Gasteiger charge is -2.38. The Morgan fingerprint density at radius 3 is 2.63 bits per heavy atom. The highest BCUT2D eigenvalue weighted by Gasteiger charge is 2.34. The maximum absolute atomic E-state index is 13.5. The number of benzene rings is 2. The molecule has 1 fully saturated rings. The number of piperidine rings is 1. The van der Waals surface area contributed by atoms with Crippen LogP contribution >= 0.6 is 0 Å². The lowest BCUT2D eigenvalue weighted by molar-refractivity contribution is -0.118. The van der Waals surface area contributed by atoms with E-state index in [2.05, 4.69) is 20.3 Å². The number of nitrogens with one attached hydrogen (secondary N) is 2. The summed E-state index contributed by atoms with van der Waals surface area (Å²) in [5.74, 6) is 0.515. The van der Waals surface area contributed by atoms with Gasteiger partial charge >= 0.3 is 0 Å². The number of hydrogen-bond donors (Lipinski definition) is 3. The zero-order valence-electron chi connectivity index (χ0n) is 21.4. The second kappa shape index (κ2) is 11.0. The second-order valence-electron chi connectivity index (χ2n) is 9.80. The molecule has 0 saturated carbocycles. The number of carbonyl (C=O) groups is 2. The quantitative estimate of drug-likeness (QED) is 0.333. The molecule has 4 aromatic rings. The number of hydrogen-bond acceptors (Lipinski definition) is 6. The zero-order chi connectivity index (χ0) is 26.5. The van der Waals surface area contributed by atoms with Crippen LogP contribution < -0.4 is 10.2 Å². The summed E-state index contributed by atoms with van der Waals surface area (Å²) in [4.78, 5) is 40.7. The molecule has 0 bridgehead atoms. The van der Waals surface area contributed by atoms with E-state index in [4.69, 9.17) is 0 Å². The van der Waals surface area contributed by atoms with Gasteiger partial charge in [-0.25, -0.2) is 9.97 Å². The Morgan fingerprint density at radius 1 is 1.08 bits per heavy atom. The first-order valence-electron chi connectivity index (χ1n) is 12.9. The molecule has 9 nitrogen and oxygen atoms in total. The molecule has 0 radical (unpaired) electrons. The molecule has 2 aromatic carbocycles. The van der Waals surface area contributed by atoms with Gasteiger partial charge in [-0.05, 0) is 42.7 Å². The van der Waals surface area contributed by atoms with Gasteiger partial charge in [0.15, 0.2) is 0 Å². The van der Waals surface area contributed by atoms with Gasteiger partial charge in [-0.2, -0.15) is 0 Å². The van der Waals surface area contributed by atoms with Crippen LogP contribution in [0, 0.1) is 0 Å². The molecule has 38 heavy (non-hydrogen) atoms. The Labute approximate surface area is 221 Å². The van der Waals surface area contributed by atoms with Crippen LogP contribution in [0.4, 0.5) is 11.5 Å². The number of aromatic amines is 1. The van der Waals surface area contributed by atoms with Gasteiger partial charge in [0, 0.05) is 57.0 Å². The third kappa shape index (κ3) is 5.68. The number of anilines is 2. The Hall–Kier alpha value is -4.24. The minimum atomic E-state index is -0.810. The van der Waals surface area contributed by atoms with Gasteiger partial charge in [-0.15, -0.1) is 0 Å². The number of aromatic nitrogens is 3. The second-order valence-corrected chi connectivity index (χ2v) is 9.80. The first kappa shape index (κ1) is 25.4. The summed E-state index contributed by atoms with van der Waals surface area (Å²) in [6.45, 7) is 3.35. The SMILES string of the molecule is CC(=O)NCCN(c1cccc(C(=O)N2CCC(O)(Cc3ccccc3)CC2)c1)c1ncnc2[nH]ccc12. The van der Waals surface area contributed by atoms with Crippen LogP contribution in [0.3, 0.4) is 0 Å². The average Bonchev–Trinajstić information content (AvgIpc) is 3.41. The molecule has 1 saturated heterocycles. The number of nitrogens with zero attached hydrogens (tertiary/aromatic N) is 4. The predicted octanol–water partition coefficient (Wildman–Crippen LogP) is 3.44. The first-order valence-corrected chi connectivity index (χ1v) is 12.9. The van der Waals surface area contributed by atoms with Crippen molar-refractivity contribution >= 4 is 34.4 Å². The van der Waals surface area contributed by atoms with Crippen LogP contribution in [-0.2, 0) is 11.2 Å². The minimum absolute atomic E-state index is 0.0649. The standard InChI is InChI=1S/C29H32N6O3/c1-21(36)30-14-17-35(27-25-10-13-31-26(25)32-20-33-27)24-9-5-8-23(18-24)28(37)34-15-11-29(38,12-16-34)19-22-6-3-2-4-7-22/h2-10,13,18,20,38H,11-12,14-17,19H2,1H3,(H,30,36)(H,31,32,33). The van der Waals surface area contributed by atoms with Crippen LogP contribution in [0.15, 0.2) is 73.2 Å². The van der Waals surface area contributed by atoms with Gasteiger partial charge < -0.3 is 25.2 Å². The predicted molar refractivity (Wildman–Crippen MR) is 146 cm³/mol. The van der Waals surface area contributed by atoms with Crippen LogP contribution in [0.1, 0.15) is 35.7 Å². The van der Waals surface area contributed by atoms with Crippen LogP contribution in [0.5, 0.6) is 0 Å². The number of rotatable bonds is 8. The van der Waals surface area contributed by atoms with E-state index in [1.165, 1.54) is 13.3 Å². The average molecular weight is 513 g/mol. The van der Waals surface area contributed by atoms with Crippen molar-refractivity contribution in [2.45, 2.75) is 31.8 Å². The summed E-state index contributed by atoms with van der Waals surface area (Å²) in [7, 11) is 0. The van der Waals surface area contributed by atoms with E-state index in [0.29, 0.717) is 62.5 Å². The molecule has 0 unspecified atom stereocenters. The van der Waals surface area contributed by atoms with Crippen LogP contribution in [0.25, 0.3) is 11.0 Å². The molecular formula is C29H32N6O3. The number of carbonyl (C=O) groups excluding carboxylic acids is 2. The van der Waals surface area contributed by atoms with Gasteiger partial charge in [-0.1, -0.05) is 36.4 Å². The molecule has 0 atom stereocenters. The Bertz CT molecular complexity index is 1410. The lowest BCUT2D eigenvalue weighted by Crippen LogP contribution is -2.47. The molecule has 1 aliphatic heterocycles. The summed E-state index contributed by atoms with van der Waals surface area (Å²) >= 11 is 0. The van der Waals surface area contributed by atoms with Crippen molar-refractivity contribution in [3.63, 3.8) is 0 Å². The molecule has 0 spiro atoms. The van der Waals surface area contributed by atoms with E-state index in [9.17, 15) is 14.7 Å². The van der Waals surface area contributed by atoms with Gasteiger partial charge in [0.1, 0.15) is 17.8 Å². The fourth-order valence-electron chi connectivity index (χ4n) is 5.04. The summed E-state index contributed by atoms with van der Waals surface area (Å²) in [5, 5.41) is 14.8. The van der Waals surface area contributed by atoms with E-state index < -0.39 is 5.60 Å². The third-order valence-electron chi connectivity index (χ3n) is 7.06. The van der Waals surface area contributed by atoms with E-state index >= 15 is 0 Å². The van der Waals surface area contributed by atoms with E-state index in [0.717, 1.165) is 16.6 Å². The summed E-state index contributed by atoms with van der Waals surface area (Å²) in [6, 6.07) is 19.4. The third-order valence-corrected chi connectivity index (χ3v) is 7.06. The van der Waals surface area contributed by atoms with Crippen molar-refractivity contribution in [3.8, 4) is 0 Å². The topological polar surface area (TPSA) is 114 Å². The van der Waals surface area contributed by atoms with Gasteiger partial charge in [0.25, 0.3) is 5.91 Å². The number of likely N-dealkylation sites (tertiary alicyclic amines) is 1. The maximum atomic E-state index is 13.5. The molecule has 1 aliphatic rings. The maximum Gasteiger partial charge on any atom is 0.253 e. The number of H-pyrrole nitrogens is 1. The van der Waals surface area contributed by atoms with Gasteiger partial charge in [-0.3, -0.25) is 9.59 Å². The molecular weight excluding hydrogens is 480 g/mol. The highest BCUT2D eigenvalue weighted by Crippen LogP contribution is 2.31. The van der Waals surface area contributed by atoms with Crippen molar-refractivity contribution in [1.82, 2.24) is 25.2 Å². The molecule has 2 aromatic heterocycles. The molecule has 3 N–H and O–H groups in total. The highest BCUT2D eigenvalue weighted by molar-refractivity contribution is 5.96. The minimum Gasteiger partial charge on any atom is -0.389 e. The van der Waals surface area contributed by atoms with Crippen molar-refractivity contribution in [2.75, 3.05) is 31.1 Å². The van der Waals surface area contributed by atoms with Gasteiger partial charge in [0.2, 0.25) is 5.91 Å². The van der Waals surface area contributed by atoms with Crippen molar-refractivity contribution < 1.29 is 14.7 Å². The summed E-state index contributed by atoms with van der Waals surface area (Å²) in [5.41, 5.74) is 2.36. The Morgan fingerprint density at radius 2 is 1.87 bits per heavy atom. The zero-order valence-corrected chi connectivity index (χ0v) is 21.4. The molecule has 5 rings (SSSR count). The Balaban J connectivity index is 1.34. The smallest absolute Gasteiger partial charge is 0.253 e. The number of fused-ring (bicyclic) bond motifs is 1. The molecule has 2 amide bonds. The monoisotopic (exact) mass is 512 g/mol. The van der Waals surface area contributed by atoms with E-state index in [-0.39, 0.29) is 11.8 Å². The number of aliphatic hydroxyl groups is 1. The lowest BCUT2D eigenvalue weighted by atomic mass is 9.85. The normalized spacial score (nSPS) is 14.8. The largest absolute Gasteiger partial charge is 0.389 e. The highest BCUT2D eigenvalue weighted by atomic mass is 16.3. The first-order chi connectivity index (χ1) is 18.4. The van der Waals surface area contributed by atoms with Gasteiger partial charge in [0.05, 0.1) is 11.0 Å². The van der Waals surface area contributed by atoms with Crippen LogP contribution in [0.2, 0.25) is 0 Å². The number of amides is 2. The van der Waals surface area contributed by atoms with Crippen molar-refractivity contribution in [1.29, 1.82) is 0 Å². The fraction of sp³-hybridized carbons (Fsp3) is 0.310. The molecule has 196 valence electrons. The molecule has 9 heteroatoms.